The second-order valence-electron chi connectivity index (χ2n) is 5.57. The molecule has 0 saturated carbocycles. The predicted molar refractivity (Wildman–Crippen MR) is 86.7 cm³/mol. The normalized spacial score (nSPS) is 12.3. The Labute approximate surface area is 148 Å². The first-order valence-corrected chi connectivity index (χ1v) is 7.19. The SMILES string of the molecule is CC(C)C(NC(=O)c1c(F)cccc1F)C(=O)NCC(F)(F)CN.Cl. The van der Waals surface area contributed by atoms with Crippen molar-refractivity contribution in [1.29, 1.82) is 0 Å². The molecule has 4 N–H and O–H groups in total. The van der Waals surface area contributed by atoms with Gasteiger partial charge in [-0.2, -0.15) is 0 Å². The first-order chi connectivity index (χ1) is 11.1. The van der Waals surface area contributed by atoms with Gasteiger partial charge < -0.3 is 16.4 Å². The number of benzene rings is 1. The van der Waals surface area contributed by atoms with Gasteiger partial charge in [0.25, 0.3) is 11.8 Å². The number of halogens is 5. The van der Waals surface area contributed by atoms with Gasteiger partial charge in [0, 0.05) is 0 Å². The van der Waals surface area contributed by atoms with Crippen molar-refractivity contribution in [3.8, 4) is 0 Å². The molecule has 142 valence electrons. The summed E-state index contributed by atoms with van der Waals surface area (Å²) in [7, 11) is 0. The molecule has 0 heterocycles. The van der Waals surface area contributed by atoms with Crippen LogP contribution in [0.25, 0.3) is 0 Å². The van der Waals surface area contributed by atoms with E-state index in [1.54, 1.807) is 13.8 Å². The second kappa shape index (κ2) is 9.57. The highest BCUT2D eigenvalue weighted by Gasteiger charge is 2.31. The summed E-state index contributed by atoms with van der Waals surface area (Å²) in [4.78, 5) is 24.0. The number of alkyl halides is 2. The Hall–Kier alpha value is -1.87. The van der Waals surface area contributed by atoms with Crippen LogP contribution in [0.15, 0.2) is 18.2 Å². The quantitative estimate of drug-likeness (QED) is 0.626. The monoisotopic (exact) mass is 385 g/mol. The smallest absolute Gasteiger partial charge is 0.277 e. The van der Waals surface area contributed by atoms with E-state index < -0.39 is 60.0 Å². The van der Waals surface area contributed by atoms with Crippen molar-refractivity contribution < 1.29 is 27.2 Å². The van der Waals surface area contributed by atoms with Crippen LogP contribution in [0.1, 0.15) is 24.2 Å². The van der Waals surface area contributed by atoms with Crippen LogP contribution in [0.2, 0.25) is 0 Å². The van der Waals surface area contributed by atoms with E-state index in [2.05, 4.69) is 5.32 Å². The molecule has 0 fully saturated rings. The van der Waals surface area contributed by atoms with Gasteiger partial charge in [-0.25, -0.2) is 17.6 Å². The molecule has 1 aromatic carbocycles. The Morgan fingerprint density at radius 1 is 1.20 bits per heavy atom. The highest BCUT2D eigenvalue weighted by molar-refractivity contribution is 5.98. The van der Waals surface area contributed by atoms with Crippen molar-refractivity contribution in [2.24, 2.45) is 11.7 Å². The summed E-state index contributed by atoms with van der Waals surface area (Å²) < 4.78 is 53.3. The van der Waals surface area contributed by atoms with Gasteiger partial charge in [0.15, 0.2) is 0 Å². The number of rotatable bonds is 7. The molecule has 1 aromatic rings. The molecule has 0 aliphatic heterocycles. The minimum absolute atomic E-state index is 0. The maximum Gasteiger partial charge on any atom is 0.277 e. The summed E-state index contributed by atoms with van der Waals surface area (Å²) in [5.74, 6) is -8.03. The predicted octanol–water partition coefficient (Wildman–Crippen LogP) is 1.85. The van der Waals surface area contributed by atoms with Crippen LogP contribution >= 0.6 is 12.4 Å². The van der Waals surface area contributed by atoms with E-state index in [-0.39, 0.29) is 12.4 Å². The number of hydrogen-bond acceptors (Lipinski definition) is 3. The van der Waals surface area contributed by atoms with Crippen LogP contribution in [0.4, 0.5) is 17.6 Å². The lowest BCUT2D eigenvalue weighted by molar-refractivity contribution is -0.125. The Bertz CT molecular complexity index is 594. The molecule has 0 bridgehead atoms. The van der Waals surface area contributed by atoms with Crippen LogP contribution in [0.3, 0.4) is 0 Å². The number of nitrogens with one attached hydrogen (secondary N) is 2. The zero-order valence-corrected chi connectivity index (χ0v) is 14.4. The minimum atomic E-state index is -3.29. The standard InChI is InChI=1S/C15H19F4N3O2.ClH/c1-8(2)12(14(24)21-7-15(18,19)6-20)22-13(23)11-9(16)4-3-5-10(11)17;/h3-5,8,12H,6-7,20H2,1-2H3,(H,21,24)(H,22,23);1H. The number of hydrogen-bond donors (Lipinski definition) is 3. The third kappa shape index (κ3) is 6.50. The van der Waals surface area contributed by atoms with Crippen molar-refractivity contribution >= 4 is 24.2 Å². The Kier molecular flexibility index (Phi) is 8.86. The maximum absolute atomic E-state index is 13.6. The molecule has 25 heavy (non-hydrogen) atoms. The van der Waals surface area contributed by atoms with Crippen molar-refractivity contribution in [1.82, 2.24) is 10.6 Å². The molecule has 2 amide bonds. The highest BCUT2D eigenvalue weighted by atomic mass is 35.5. The van der Waals surface area contributed by atoms with Gasteiger partial charge in [0.05, 0.1) is 13.1 Å². The summed E-state index contributed by atoms with van der Waals surface area (Å²) in [6.45, 7) is 1.13. The molecule has 1 rings (SSSR count). The van der Waals surface area contributed by atoms with Crippen molar-refractivity contribution in [3.05, 3.63) is 35.4 Å². The molecule has 1 unspecified atom stereocenters. The van der Waals surface area contributed by atoms with Crippen LogP contribution in [-0.4, -0.2) is 36.9 Å². The van der Waals surface area contributed by atoms with Crippen molar-refractivity contribution in [2.45, 2.75) is 25.8 Å². The van der Waals surface area contributed by atoms with Gasteiger partial charge in [-0.05, 0) is 18.1 Å². The fourth-order valence-corrected chi connectivity index (χ4v) is 1.86. The molecule has 0 spiro atoms. The lowest BCUT2D eigenvalue weighted by atomic mass is 10.0. The average Bonchev–Trinajstić information content (AvgIpc) is 2.50. The van der Waals surface area contributed by atoms with Gasteiger partial charge >= 0.3 is 0 Å². The molecule has 0 aliphatic carbocycles. The zero-order valence-electron chi connectivity index (χ0n) is 13.6. The number of carbonyl (C=O) groups excluding carboxylic acids is 2. The largest absolute Gasteiger partial charge is 0.348 e. The number of amides is 2. The Morgan fingerprint density at radius 2 is 1.72 bits per heavy atom. The molecule has 0 saturated heterocycles. The first-order valence-electron chi connectivity index (χ1n) is 7.19. The fraction of sp³-hybridized carbons (Fsp3) is 0.467. The topological polar surface area (TPSA) is 84.2 Å². The van der Waals surface area contributed by atoms with Crippen LogP contribution in [-0.2, 0) is 4.79 Å². The molecule has 5 nitrogen and oxygen atoms in total. The molecule has 1 atom stereocenters. The van der Waals surface area contributed by atoms with Gasteiger partial charge in [-0.15, -0.1) is 12.4 Å². The van der Waals surface area contributed by atoms with Gasteiger partial charge in [-0.1, -0.05) is 19.9 Å². The van der Waals surface area contributed by atoms with Crippen LogP contribution in [0.5, 0.6) is 0 Å². The molecule has 0 aromatic heterocycles. The average molecular weight is 386 g/mol. The third-order valence-corrected chi connectivity index (χ3v) is 3.25. The zero-order chi connectivity index (χ0) is 18.5. The van der Waals surface area contributed by atoms with Crippen molar-refractivity contribution in [3.63, 3.8) is 0 Å². The summed E-state index contributed by atoms with van der Waals surface area (Å²) >= 11 is 0. The first kappa shape index (κ1) is 23.1. The van der Waals surface area contributed by atoms with E-state index in [1.807, 2.05) is 5.32 Å². The summed E-state index contributed by atoms with van der Waals surface area (Å²) in [5.41, 5.74) is 4.02. The lowest BCUT2D eigenvalue weighted by Gasteiger charge is -2.23. The lowest BCUT2D eigenvalue weighted by Crippen LogP contribution is -2.52. The van der Waals surface area contributed by atoms with E-state index in [4.69, 9.17) is 5.73 Å². The molecular formula is C15H20ClF4N3O2. The van der Waals surface area contributed by atoms with Crippen LogP contribution in [0, 0.1) is 17.6 Å². The van der Waals surface area contributed by atoms with E-state index in [9.17, 15) is 27.2 Å². The summed E-state index contributed by atoms with van der Waals surface area (Å²) in [5, 5.41) is 4.13. The van der Waals surface area contributed by atoms with Gasteiger partial charge in [-0.3, -0.25) is 9.59 Å². The second-order valence-corrected chi connectivity index (χ2v) is 5.57. The molecule has 0 radical (unpaired) electrons. The third-order valence-electron chi connectivity index (χ3n) is 3.25. The van der Waals surface area contributed by atoms with E-state index >= 15 is 0 Å². The van der Waals surface area contributed by atoms with Crippen LogP contribution < -0.4 is 16.4 Å². The van der Waals surface area contributed by atoms with Crippen molar-refractivity contribution in [2.75, 3.05) is 13.1 Å². The van der Waals surface area contributed by atoms with E-state index in [0.717, 1.165) is 18.2 Å². The summed E-state index contributed by atoms with van der Waals surface area (Å²) in [6, 6.07) is 1.63. The summed E-state index contributed by atoms with van der Waals surface area (Å²) in [6.07, 6.45) is 0. The maximum atomic E-state index is 13.6. The Balaban J connectivity index is 0.00000576. The van der Waals surface area contributed by atoms with Gasteiger partial charge in [0.2, 0.25) is 5.91 Å². The number of nitrogens with two attached hydrogens (primary N) is 1. The minimum Gasteiger partial charge on any atom is -0.348 e. The highest BCUT2D eigenvalue weighted by Crippen LogP contribution is 2.14. The fourth-order valence-electron chi connectivity index (χ4n) is 1.86. The molecular weight excluding hydrogens is 366 g/mol. The van der Waals surface area contributed by atoms with Gasteiger partial charge in [0.1, 0.15) is 23.2 Å². The van der Waals surface area contributed by atoms with E-state index in [1.165, 1.54) is 0 Å². The molecule has 0 aliphatic rings. The number of carbonyl (C=O) groups is 2. The Morgan fingerprint density at radius 3 is 2.16 bits per heavy atom. The molecule has 10 heteroatoms. The van der Waals surface area contributed by atoms with E-state index in [0.29, 0.717) is 0 Å².